The SMILES string of the molecule is C=CCNC(=C[N+](=O)[O-])NCc1cccnc1. The average molecular weight is 234 g/mol. The largest absolute Gasteiger partial charge is 0.363 e. The first-order valence-corrected chi connectivity index (χ1v) is 5.05. The minimum Gasteiger partial charge on any atom is -0.363 e. The summed E-state index contributed by atoms with van der Waals surface area (Å²) in [5.41, 5.74) is 0.946. The van der Waals surface area contributed by atoms with E-state index in [1.54, 1.807) is 18.5 Å². The molecule has 6 nitrogen and oxygen atoms in total. The third-order valence-corrected chi connectivity index (χ3v) is 1.88. The molecule has 17 heavy (non-hydrogen) atoms. The second-order valence-corrected chi connectivity index (χ2v) is 3.21. The van der Waals surface area contributed by atoms with Gasteiger partial charge in [0.15, 0.2) is 5.82 Å². The highest BCUT2D eigenvalue weighted by atomic mass is 16.6. The second kappa shape index (κ2) is 7.00. The summed E-state index contributed by atoms with van der Waals surface area (Å²) in [5, 5.41) is 16.2. The molecule has 0 atom stereocenters. The highest BCUT2D eigenvalue weighted by Crippen LogP contribution is 1.96. The van der Waals surface area contributed by atoms with E-state index >= 15 is 0 Å². The Morgan fingerprint density at radius 1 is 1.59 bits per heavy atom. The van der Waals surface area contributed by atoms with Crippen LogP contribution in [0.25, 0.3) is 0 Å². The molecule has 0 aliphatic heterocycles. The van der Waals surface area contributed by atoms with Crippen molar-refractivity contribution in [3.63, 3.8) is 0 Å². The van der Waals surface area contributed by atoms with E-state index in [0.29, 0.717) is 18.9 Å². The van der Waals surface area contributed by atoms with E-state index < -0.39 is 4.92 Å². The van der Waals surface area contributed by atoms with Crippen molar-refractivity contribution in [2.75, 3.05) is 6.54 Å². The Hall–Kier alpha value is -2.37. The van der Waals surface area contributed by atoms with Crippen molar-refractivity contribution in [3.8, 4) is 0 Å². The molecule has 0 amide bonds. The fourth-order valence-corrected chi connectivity index (χ4v) is 1.14. The smallest absolute Gasteiger partial charge is 0.274 e. The van der Waals surface area contributed by atoms with E-state index in [4.69, 9.17) is 0 Å². The molecular weight excluding hydrogens is 220 g/mol. The highest BCUT2D eigenvalue weighted by Gasteiger charge is 2.01. The lowest BCUT2D eigenvalue weighted by Gasteiger charge is -2.09. The summed E-state index contributed by atoms with van der Waals surface area (Å²) in [6.07, 6.45) is 5.89. The number of nitrogens with zero attached hydrogens (tertiary/aromatic N) is 2. The number of hydrogen-bond acceptors (Lipinski definition) is 5. The van der Waals surface area contributed by atoms with Gasteiger partial charge in [0.2, 0.25) is 0 Å². The van der Waals surface area contributed by atoms with Gasteiger partial charge in [-0.1, -0.05) is 12.1 Å². The normalized spacial score (nSPS) is 10.7. The molecule has 6 heteroatoms. The Labute approximate surface area is 99.2 Å². The van der Waals surface area contributed by atoms with Crippen molar-refractivity contribution in [2.45, 2.75) is 6.54 Å². The van der Waals surface area contributed by atoms with Crippen LogP contribution in [0.15, 0.2) is 49.2 Å². The monoisotopic (exact) mass is 234 g/mol. The molecule has 1 heterocycles. The van der Waals surface area contributed by atoms with Gasteiger partial charge in [0.25, 0.3) is 6.20 Å². The summed E-state index contributed by atoms with van der Waals surface area (Å²) >= 11 is 0. The first-order valence-electron chi connectivity index (χ1n) is 5.05. The zero-order valence-corrected chi connectivity index (χ0v) is 9.30. The number of aromatic nitrogens is 1. The molecule has 1 rings (SSSR count). The molecule has 0 saturated heterocycles. The molecule has 0 radical (unpaired) electrons. The average Bonchev–Trinajstić information content (AvgIpc) is 2.33. The zero-order valence-electron chi connectivity index (χ0n) is 9.30. The van der Waals surface area contributed by atoms with Crippen molar-refractivity contribution in [1.29, 1.82) is 0 Å². The van der Waals surface area contributed by atoms with Crippen molar-refractivity contribution in [2.24, 2.45) is 0 Å². The van der Waals surface area contributed by atoms with Crippen LogP contribution in [-0.4, -0.2) is 16.5 Å². The van der Waals surface area contributed by atoms with Crippen LogP contribution >= 0.6 is 0 Å². The first kappa shape index (κ1) is 12.7. The molecule has 0 bridgehead atoms. The molecule has 2 N–H and O–H groups in total. The number of hydrogen-bond donors (Lipinski definition) is 2. The first-order chi connectivity index (χ1) is 8.22. The van der Waals surface area contributed by atoms with Gasteiger partial charge in [-0.3, -0.25) is 15.1 Å². The zero-order chi connectivity index (χ0) is 12.5. The predicted molar refractivity (Wildman–Crippen MR) is 64.4 cm³/mol. The second-order valence-electron chi connectivity index (χ2n) is 3.21. The number of nitrogens with one attached hydrogen (secondary N) is 2. The summed E-state index contributed by atoms with van der Waals surface area (Å²) in [7, 11) is 0. The van der Waals surface area contributed by atoms with E-state index in [1.807, 2.05) is 12.1 Å². The molecular formula is C11H14N4O2. The lowest BCUT2D eigenvalue weighted by molar-refractivity contribution is -0.404. The summed E-state index contributed by atoms with van der Waals surface area (Å²) in [6.45, 7) is 4.46. The minimum atomic E-state index is -0.512. The van der Waals surface area contributed by atoms with Crippen LogP contribution < -0.4 is 10.6 Å². The van der Waals surface area contributed by atoms with Crippen LogP contribution in [0.1, 0.15) is 5.56 Å². The maximum atomic E-state index is 10.4. The van der Waals surface area contributed by atoms with E-state index in [-0.39, 0.29) is 0 Å². The van der Waals surface area contributed by atoms with Gasteiger partial charge in [-0.05, 0) is 11.6 Å². The third-order valence-electron chi connectivity index (χ3n) is 1.88. The van der Waals surface area contributed by atoms with E-state index in [2.05, 4.69) is 22.2 Å². The summed E-state index contributed by atoms with van der Waals surface area (Å²) in [4.78, 5) is 13.8. The molecule has 90 valence electrons. The molecule has 0 unspecified atom stereocenters. The van der Waals surface area contributed by atoms with Gasteiger partial charge in [0, 0.05) is 25.5 Å². The Morgan fingerprint density at radius 3 is 3.00 bits per heavy atom. The van der Waals surface area contributed by atoms with Gasteiger partial charge >= 0.3 is 0 Å². The topological polar surface area (TPSA) is 80.1 Å². The molecule has 1 aromatic heterocycles. The summed E-state index contributed by atoms with van der Waals surface area (Å²) in [6, 6.07) is 3.70. The number of nitro groups is 1. The quantitative estimate of drug-likeness (QED) is 0.418. The Balaban J connectivity index is 2.55. The standard InChI is InChI=1S/C11H14N4O2/c1-2-5-13-11(9-15(16)17)14-8-10-4-3-6-12-7-10/h2-4,6-7,9,13-14H,1,5,8H2. The van der Waals surface area contributed by atoms with E-state index in [0.717, 1.165) is 11.8 Å². The maximum Gasteiger partial charge on any atom is 0.274 e. The molecule has 0 saturated carbocycles. The maximum absolute atomic E-state index is 10.4. The van der Waals surface area contributed by atoms with Crippen LogP contribution in [0.5, 0.6) is 0 Å². The van der Waals surface area contributed by atoms with Gasteiger partial charge in [-0.2, -0.15) is 0 Å². The van der Waals surface area contributed by atoms with Gasteiger partial charge in [-0.15, -0.1) is 6.58 Å². The summed E-state index contributed by atoms with van der Waals surface area (Å²) in [5.74, 6) is 0.346. The van der Waals surface area contributed by atoms with Crippen LogP contribution in [0.4, 0.5) is 0 Å². The minimum absolute atomic E-state index is 0.346. The molecule has 0 aliphatic rings. The third kappa shape index (κ3) is 5.31. The van der Waals surface area contributed by atoms with Crippen molar-refractivity contribution in [1.82, 2.24) is 15.6 Å². The fraction of sp³-hybridized carbons (Fsp3) is 0.182. The van der Waals surface area contributed by atoms with Gasteiger partial charge in [0.05, 0.1) is 4.92 Å². The van der Waals surface area contributed by atoms with Crippen LogP contribution in [0.2, 0.25) is 0 Å². The van der Waals surface area contributed by atoms with Gasteiger partial charge in [0.1, 0.15) is 0 Å². The van der Waals surface area contributed by atoms with Crippen molar-refractivity contribution < 1.29 is 4.92 Å². The molecule has 0 aromatic carbocycles. The van der Waals surface area contributed by atoms with Crippen molar-refractivity contribution in [3.05, 3.63) is 64.9 Å². The van der Waals surface area contributed by atoms with Gasteiger partial charge in [-0.25, -0.2) is 0 Å². The Bertz CT molecular complexity index is 403. The number of pyridine rings is 1. The molecule has 0 spiro atoms. The Morgan fingerprint density at radius 2 is 2.41 bits per heavy atom. The van der Waals surface area contributed by atoms with E-state index in [1.165, 1.54) is 0 Å². The van der Waals surface area contributed by atoms with Gasteiger partial charge < -0.3 is 10.6 Å². The molecule has 0 aliphatic carbocycles. The molecule has 1 aromatic rings. The summed E-state index contributed by atoms with van der Waals surface area (Å²) < 4.78 is 0. The lowest BCUT2D eigenvalue weighted by atomic mass is 10.3. The van der Waals surface area contributed by atoms with Crippen LogP contribution in [0, 0.1) is 10.1 Å². The molecule has 0 fully saturated rings. The highest BCUT2D eigenvalue weighted by molar-refractivity contribution is 5.09. The van der Waals surface area contributed by atoms with E-state index in [9.17, 15) is 10.1 Å². The Kier molecular flexibility index (Phi) is 5.23. The lowest BCUT2D eigenvalue weighted by Crippen LogP contribution is -2.27. The van der Waals surface area contributed by atoms with Crippen molar-refractivity contribution >= 4 is 0 Å². The van der Waals surface area contributed by atoms with Crippen LogP contribution in [0.3, 0.4) is 0 Å². The predicted octanol–water partition coefficient (Wildman–Crippen LogP) is 1.02. The van der Waals surface area contributed by atoms with Crippen LogP contribution in [-0.2, 0) is 6.54 Å². The number of rotatable bonds is 7. The fourth-order valence-electron chi connectivity index (χ4n) is 1.14.